The number of sulfonamides is 1. The van der Waals surface area contributed by atoms with Gasteiger partial charge in [0.1, 0.15) is 0 Å². The third-order valence-electron chi connectivity index (χ3n) is 4.64. The molecule has 1 aromatic heterocycles. The Bertz CT molecular complexity index is 603. The van der Waals surface area contributed by atoms with Crippen LogP contribution < -0.4 is 10.0 Å². The van der Waals surface area contributed by atoms with Gasteiger partial charge in [-0.15, -0.1) is 0 Å². The molecule has 2 aliphatic rings. The van der Waals surface area contributed by atoms with Crippen molar-refractivity contribution in [3.63, 3.8) is 0 Å². The average Bonchev–Trinajstić information content (AvgIpc) is 3.07. The van der Waals surface area contributed by atoms with Gasteiger partial charge in [-0.25, -0.2) is 18.1 Å². The summed E-state index contributed by atoms with van der Waals surface area (Å²) in [6.07, 6.45) is 7.04. The van der Waals surface area contributed by atoms with Gasteiger partial charge in [-0.2, -0.15) is 0 Å². The van der Waals surface area contributed by atoms with Gasteiger partial charge in [0.05, 0.1) is 5.69 Å². The Kier molecular flexibility index (Phi) is 4.17. The van der Waals surface area contributed by atoms with Crippen LogP contribution in [-0.2, 0) is 10.0 Å². The highest BCUT2D eigenvalue weighted by Gasteiger charge is 2.41. The van der Waals surface area contributed by atoms with Crippen LogP contribution in [0.1, 0.15) is 39.0 Å². The smallest absolute Gasteiger partial charge is 0.260 e. The molecule has 2 saturated carbocycles. The second kappa shape index (κ2) is 5.93. The summed E-state index contributed by atoms with van der Waals surface area (Å²) < 4.78 is 28.2. The van der Waals surface area contributed by atoms with Gasteiger partial charge in [0.2, 0.25) is 0 Å². The third kappa shape index (κ3) is 3.06. The molecular formula is C15H23N3O2S. The molecular weight excluding hydrogens is 286 g/mol. The number of hydrogen-bond donors (Lipinski definition) is 2. The van der Waals surface area contributed by atoms with Crippen molar-refractivity contribution in [3.8, 4) is 0 Å². The van der Waals surface area contributed by atoms with Crippen LogP contribution in [0.4, 0.5) is 5.69 Å². The van der Waals surface area contributed by atoms with Crippen molar-refractivity contribution < 1.29 is 8.42 Å². The Morgan fingerprint density at radius 1 is 1.33 bits per heavy atom. The van der Waals surface area contributed by atoms with E-state index in [0.717, 1.165) is 25.8 Å². The molecule has 3 atom stereocenters. The van der Waals surface area contributed by atoms with Crippen LogP contribution in [0, 0.1) is 11.8 Å². The molecule has 2 N–H and O–H groups in total. The lowest BCUT2D eigenvalue weighted by atomic mass is 9.96. The van der Waals surface area contributed by atoms with Gasteiger partial charge in [0, 0.05) is 18.8 Å². The molecule has 0 radical (unpaired) electrons. The monoisotopic (exact) mass is 309 g/mol. The standard InChI is InChI=1S/C15H23N3O2S/c1-2-7-16-13-4-3-8-17-15(13)21(19,20)18-14-10-11-5-6-12(14)9-11/h3-4,8,11-12,14,16,18H,2,5-7,9-10H2,1H3. The number of nitrogens with one attached hydrogen (secondary N) is 2. The number of anilines is 1. The molecule has 2 aliphatic carbocycles. The zero-order chi connectivity index (χ0) is 14.9. The minimum Gasteiger partial charge on any atom is -0.383 e. The first kappa shape index (κ1) is 14.8. The summed E-state index contributed by atoms with van der Waals surface area (Å²) in [5.41, 5.74) is 0.593. The Labute approximate surface area is 126 Å². The van der Waals surface area contributed by atoms with Crippen molar-refractivity contribution >= 4 is 15.7 Å². The number of hydrogen-bond acceptors (Lipinski definition) is 4. The van der Waals surface area contributed by atoms with E-state index in [4.69, 9.17) is 0 Å². The molecule has 2 fully saturated rings. The highest BCUT2D eigenvalue weighted by Crippen LogP contribution is 2.44. The molecule has 0 aliphatic heterocycles. The summed E-state index contributed by atoms with van der Waals surface area (Å²) in [5, 5.41) is 3.27. The van der Waals surface area contributed by atoms with Gasteiger partial charge >= 0.3 is 0 Å². The van der Waals surface area contributed by atoms with Crippen LogP contribution in [0.15, 0.2) is 23.4 Å². The summed E-state index contributed by atoms with van der Waals surface area (Å²) in [5.74, 6) is 1.23. The van der Waals surface area contributed by atoms with Crippen LogP contribution in [0.25, 0.3) is 0 Å². The molecule has 0 amide bonds. The topological polar surface area (TPSA) is 71.1 Å². The molecule has 3 unspecified atom stereocenters. The minimum atomic E-state index is -3.55. The molecule has 0 aromatic carbocycles. The second-order valence-electron chi connectivity index (χ2n) is 6.19. The van der Waals surface area contributed by atoms with E-state index in [2.05, 4.69) is 15.0 Å². The van der Waals surface area contributed by atoms with Gasteiger partial charge < -0.3 is 5.32 Å². The van der Waals surface area contributed by atoms with Crippen LogP contribution in [0.5, 0.6) is 0 Å². The first-order valence-corrected chi connectivity index (χ1v) is 9.29. The van der Waals surface area contributed by atoms with Gasteiger partial charge in [0.25, 0.3) is 10.0 Å². The van der Waals surface area contributed by atoms with Crippen molar-refractivity contribution in [2.24, 2.45) is 11.8 Å². The molecule has 1 heterocycles. The average molecular weight is 309 g/mol. The predicted molar refractivity (Wildman–Crippen MR) is 82.6 cm³/mol. The maximum atomic E-state index is 12.6. The van der Waals surface area contributed by atoms with E-state index >= 15 is 0 Å². The van der Waals surface area contributed by atoms with E-state index < -0.39 is 10.0 Å². The number of aromatic nitrogens is 1. The second-order valence-corrected chi connectivity index (χ2v) is 7.81. The lowest BCUT2D eigenvalue weighted by Gasteiger charge is -2.23. The fraction of sp³-hybridized carbons (Fsp3) is 0.667. The van der Waals surface area contributed by atoms with Crippen LogP contribution in [0.3, 0.4) is 0 Å². The van der Waals surface area contributed by atoms with E-state index in [1.807, 2.05) is 6.92 Å². The molecule has 3 rings (SSSR count). The summed E-state index contributed by atoms with van der Waals surface area (Å²) >= 11 is 0. The zero-order valence-electron chi connectivity index (χ0n) is 12.4. The summed E-state index contributed by atoms with van der Waals surface area (Å²) in [4.78, 5) is 4.09. The largest absolute Gasteiger partial charge is 0.383 e. The normalized spacial score (nSPS) is 28.0. The first-order chi connectivity index (χ1) is 10.1. The number of pyridine rings is 1. The van der Waals surface area contributed by atoms with E-state index in [0.29, 0.717) is 17.5 Å². The van der Waals surface area contributed by atoms with E-state index in [-0.39, 0.29) is 11.1 Å². The van der Waals surface area contributed by atoms with Crippen molar-refractivity contribution in [2.45, 2.75) is 50.1 Å². The van der Waals surface area contributed by atoms with Crippen molar-refractivity contribution in [3.05, 3.63) is 18.3 Å². The SMILES string of the molecule is CCCNc1cccnc1S(=O)(=O)NC1CC2CCC1C2. The molecule has 0 saturated heterocycles. The predicted octanol–water partition coefficient (Wildman–Crippen LogP) is 2.37. The lowest BCUT2D eigenvalue weighted by molar-refractivity contribution is 0.390. The fourth-order valence-corrected chi connectivity index (χ4v) is 5.07. The molecule has 5 nitrogen and oxygen atoms in total. The fourth-order valence-electron chi connectivity index (χ4n) is 3.64. The highest BCUT2D eigenvalue weighted by atomic mass is 32.2. The summed E-state index contributed by atoms with van der Waals surface area (Å²) in [7, 11) is -3.55. The van der Waals surface area contributed by atoms with Crippen LogP contribution >= 0.6 is 0 Å². The van der Waals surface area contributed by atoms with Crippen LogP contribution in [0.2, 0.25) is 0 Å². The first-order valence-electron chi connectivity index (χ1n) is 7.81. The maximum absolute atomic E-state index is 12.6. The Morgan fingerprint density at radius 3 is 2.86 bits per heavy atom. The lowest BCUT2D eigenvalue weighted by Crippen LogP contribution is -2.39. The summed E-state index contributed by atoms with van der Waals surface area (Å²) in [6.45, 7) is 2.79. The van der Waals surface area contributed by atoms with Gasteiger partial charge in [-0.05, 0) is 49.7 Å². The van der Waals surface area contributed by atoms with Crippen molar-refractivity contribution in [1.82, 2.24) is 9.71 Å². The number of nitrogens with zero attached hydrogens (tertiary/aromatic N) is 1. The highest BCUT2D eigenvalue weighted by molar-refractivity contribution is 7.89. The molecule has 2 bridgehead atoms. The Hall–Kier alpha value is -1.14. The molecule has 21 heavy (non-hydrogen) atoms. The molecule has 1 aromatic rings. The van der Waals surface area contributed by atoms with E-state index in [1.165, 1.54) is 19.0 Å². The number of fused-ring (bicyclic) bond motifs is 2. The Morgan fingerprint density at radius 2 is 2.19 bits per heavy atom. The van der Waals surface area contributed by atoms with Crippen LogP contribution in [-0.4, -0.2) is 26.0 Å². The summed E-state index contributed by atoms with van der Waals surface area (Å²) in [6, 6.07) is 3.63. The number of rotatable bonds is 6. The maximum Gasteiger partial charge on any atom is 0.260 e. The van der Waals surface area contributed by atoms with Crippen molar-refractivity contribution in [1.29, 1.82) is 0 Å². The zero-order valence-corrected chi connectivity index (χ0v) is 13.2. The Balaban J connectivity index is 1.78. The van der Waals surface area contributed by atoms with Gasteiger partial charge in [-0.3, -0.25) is 0 Å². The molecule has 0 spiro atoms. The third-order valence-corrected chi connectivity index (χ3v) is 6.08. The van der Waals surface area contributed by atoms with Crippen molar-refractivity contribution in [2.75, 3.05) is 11.9 Å². The van der Waals surface area contributed by atoms with E-state index in [1.54, 1.807) is 12.1 Å². The minimum absolute atomic E-state index is 0.0924. The van der Waals surface area contributed by atoms with Gasteiger partial charge in [-0.1, -0.05) is 13.3 Å². The molecule has 6 heteroatoms. The van der Waals surface area contributed by atoms with E-state index in [9.17, 15) is 8.42 Å². The quantitative estimate of drug-likeness (QED) is 0.846. The molecule has 116 valence electrons. The van der Waals surface area contributed by atoms with Gasteiger partial charge in [0.15, 0.2) is 5.03 Å².